The number of anilines is 2. The molecule has 0 unspecified atom stereocenters. The van der Waals surface area contributed by atoms with E-state index in [1.54, 1.807) is 24.4 Å². The Morgan fingerprint density at radius 1 is 1.26 bits per heavy atom. The Morgan fingerprint density at radius 3 is 2.74 bits per heavy atom. The van der Waals surface area contributed by atoms with Gasteiger partial charge in [-0.2, -0.15) is 0 Å². The molecule has 3 rings (SSSR count). The van der Waals surface area contributed by atoms with Gasteiger partial charge in [0, 0.05) is 31.4 Å². The van der Waals surface area contributed by atoms with Gasteiger partial charge in [0.15, 0.2) is 0 Å². The van der Waals surface area contributed by atoms with Crippen molar-refractivity contribution in [1.82, 2.24) is 15.3 Å². The first-order valence-corrected chi connectivity index (χ1v) is 9.71. The molecule has 0 saturated carbocycles. The topological polar surface area (TPSA) is 84.1 Å². The molecule has 2 aromatic rings. The molecule has 0 amide bonds. The summed E-state index contributed by atoms with van der Waals surface area (Å²) in [6, 6.07) is 9.87. The number of nitrogens with one attached hydrogen (secondary N) is 1. The van der Waals surface area contributed by atoms with Crippen molar-refractivity contribution in [2.24, 2.45) is 5.92 Å². The van der Waals surface area contributed by atoms with Gasteiger partial charge in [-0.25, -0.2) is 9.97 Å². The number of nitrogens with zero attached hydrogens (tertiary/aromatic N) is 3. The van der Waals surface area contributed by atoms with Crippen LogP contribution >= 0.6 is 0 Å². The van der Waals surface area contributed by atoms with Gasteiger partial charge in [-0.3, -0.25) is 4.79 Å². The number of hydrogen-bond donors (Lipinski definition) is 2. The van der Waals surface area contributed by atoms with Crippen LogP contribution in [-0.4, -0.2) is 40.9 Å². The van der Waals surface area contributed by atoms with E-state index in [2.05, 4.69) is 41.0 Å². The quantitative estimate of drug-likeness (QED) is 0.764. The zero-order chi connectivity index (χ0) is 19.4. The lowest BCUT2D eigenvalue weighted by Gasteiger charge is -2.40. The van der Waals surface area contributed by atoms with Crippen LogP contribution in [0.5, 0.6) is 0 Å². The molecule has 1 aliphatic heterocycles. The molecule has 1 aliphatic rings. The van der Waals surface area contributed by atoms with Gasteiger partial charge in [-0.1, -0.05) is 26.8 Å². The molecule has 0 bridgehead atoms. The molecular weight excluding hydrogens is 338 g/mol. The Bertz CT molecular complexity index is 792. The second-order valence-electron chi connectivity index (χ2n) is 7.65. The van der Waals surface area contributed by atoms with Crippen LogP contribution in [0.2, 0.25) is 0 Å². The summed E-state index contributed by atoms with van der Waals surface area (Å²) in [5.41, 5.74) is 6.66. The van der Waals surface area contributed by atoms with E-state index in [0.29, 0.717) is 29.3 Å². The molecule has 144 valence electrons. The average molecular weight is 367 g/mol. The van der Waals surface area contributed by atoms with Crippen LogP contribution < -0.4 is 16.0 Å². The summed E-state index contributed by atoms with van der Waals surface area (Å²) in [6.07, 6.45) is 3.77. The maximum atomic E-state index is 12.8. The molecule has 6 nitrogen and oxygen atoms in total. The van der Waals surface area contributed by atoms with Crippen LogP contribution in [0.3, 0.4) is 0 Å². The summed E-state index contributed by atoms with van der Waals surface area (Å²) in [6.45, 7) is 8.49. The Hall–Kier alpha value is -2.47. The number of nitrogens with two attached hydrogens (primary N) is 1. The highest BCUT2D eigenvalue weighted by Crippen LogP contribution is 2.21. The average Bonchev–Trinajstić information content (AvgIpc) is 2.67. The number of rotatable bonds is 6. The molecular formula is C21H29N5O. The van der Waals surface area contributed by atoms with E-state index in [1.807, 2.05) is 12.1 Å². The number of ketones is 1. The van der Waals surface area contributed by atoms with Gasteiger partial charge in [0.2, 0.25) is 5.78 Å². The standard InChI is InChI=1S/C21H29N5O/c1-4-15-12-26(13-16(24-15)11-14(2)3)19-9-5-8-18(25-19)20(27)17-7-6-10-23-21(17)22/h5-10,14-16,24H,4,11-13H2,1-3H3,(H2,22,23)/t15-,16-/m1/s1. The maximum absolute atomic E-state index is 12.8. The van der Waals surface area contributed by atoms with Gasteiger partial charge < -0.3 is 16.0 Å². The normalized spacial score (nSPS) is 20.1. The van der Waals surface area contributed by atoms with Crippen molar-refractivity contribution < 1.29 is 4.79 Å². The summed E-state index contributed by atoms with van der Waals surface area (Å²) in [7, 11) is 0. The first-order chi connectivity index (χ1) is 13.0. The van der Waals surface area contributed by atoms with Crippen LogP contribution in [0.15, 0.2) is 36.5 Å². The molecule has 0 aliphatic carbocycles. The molecule has 2 atom stereocenters. The molecule has 1 fully saturated rings. The lowest BCUT2D eigenvalue weighted by molar-refractivity contribution is 0.103. The Labute approximate surface area is 161 Å². The molecule has 0 aromatic carbocycles. The zero-order valence-electron chi connectivity index (χ0n) is 16.4. The van der Waals surface area contributed by atoms with Crippen LogP contribution in [0.1, 0.15) is 49.7 Å². The predicted molar refractivity (Wildman–Crippen MR) is 109 cm³/mol. The summed E-state index contributed by atoms with van der Waals surface area (Å²) in [5, 5.41) is 3.74. The second-order valence-corrected chi connectivity index (χ2v) is 7.65. The number of carbonyl (C=O) groups excluding carboxylic acids is 1. The van der Waals surface area contributed by atoms with Gasteiger partial charge in [0.05, 0.1) is 5.56 Å². The summed E-state index contributed by atoms with van der Waals surface area (Å²) in [4.78, 5) is 23.8. The molecule has 0 spiro atoms. The number of aromatic nitrogens is 2. The molecule has 0 radical (unpaired) electrons. The monoisotopic (exact) mass is 367 g/mol. The third-order valence-electron chi connectivity index (χ3n) is 4.98. The number of hydrogen-bond acceptors (Lipinski definition) is 6. The Balaban J connectivity index is 1.83. The highest BCUT2D eigenvalue weighted by Gasteiger charge is 2.27. The van der Waals surface area contributed by atoms with Crippen molar-refractivity contribution >= 4 is 17.4 Å². The number of carbonyl (C=O) groups is 1. The maximum Gasteiger partial charge on any atom is 0.215 e. The molecule has 27 heavy (non-hydrogen) atoms. The predicted octanol–water partition coefficient (Wildman–Crippen LogP) is 2.89. The van der Waals surface area contributed by atoms with Gasteiger partial charge in [0.1, 0.15) is 17.3 Å². The van der Waals surface area contributed by atoms with E-state index < -0.39 is 0 Å². The molecule has 1 saturated heterocycles. The minimum absolute atomic E-state index is 0.191. The van der Waals surface area contributed by atoms with Crippen molar-refractivity contribution in [3.05, 3.63) is 47.8 Å². The van der Waals surface area contributed by atoms with E-state index in [1.165, 1.54) is 0 Å². The van der Waals surface area contributed by atoms with Gasteiger partial charge in [0.25, 0.3) is 0 Å². The Morgan fingerprint density at radius 2 is 2.04 bits per heavy atom. The lowest BCUT2D eigenvalue weighted by atomic mass is 9.99. The fourth-order valence-corrected chi connectivity index (χ4v) is 3.66. The third-order valence-corrected chi connectivity index (χ3v) is 4.98. The van der Waals surface area contributed by atoms with Crippen LogP contribution in [0.4, 0.5) is 11.6 Å². The Kier molecular flexibility index (Phi) is 6.06. The number of piperazine rings is 1. The SMILES string of the molecule is CC[C@@H]1CN(c2cccc(C(=O)c3cccnc3N)n2)C[C@@H](CC(C)C)N1. The van der Waals surface area contributed by atoms with Crippen molar-refractivity contribution in [3.63, 3.8) is 0 Å². The summed E-state index contributed by atoms with van der Waals surface area (Å²) >= 11 is 0. The van der Waals surface area contributed by atoms with Crippen molar-refractivity contribution in [2.75, 3.05) is 23.7 Å². The van der Waals surface area contributed by atoms with Crippen LogP contribution in [0.25, 0.3) is 0 Å². The largest absolute Gasteiger partial charge is 0.383 e. The minimum Gasteiger partial charge on any atom is -0.383 e. The minimum atomic E-state index is -0.191. The highest BCUT2D eigenvalue weighted by molar-refractivity contribution is 6.10. The zero-order valence-corrected chi connectivity index (χ0v) is 16.4. The fraction of sp³-hybridized carbons (Fsp3) is 0.476. The first-order valence-electron chi connectivity index (χ1n) is 9.71. The van der Waals surface area contributed by atoms with Crippen molar-refractivity contribution in [1.29, 1.82) is 0 Å². The highest BCUT2D eigenvalue weighted by atomic mass is 16.1. The first kappa shape index (κ1) is 19.3. The van der Waals surface area contributed by atoms with Gasteiger partial charge in [-0.15, -0.1) is 0 Å². The van der Waals surface area contributed by atoms with Gasteiger partial charge >= 0.3 is 0 Å². The number of nitrogen functional groups attached to an aromatic ring is 1. The van der Waals surface area contributed by atoms with Crippen molar-refractivity contribution in [3.8, 4) is 0 Å². The van der Waals surface area contributed by atoms with E-state index in [-0.39, 0.29) is 11.6 Å². The summed E-state index contributed by atoms with van der Waals surface area (Å²) in [5.74, 6) is 1.52. The third kappa shape index (κ3) is 4.63. The molecule has 3 heterocycles. The van der Waals surface area contributed by atoms with E-state index in [4.69, 9.17) is 5.73 Å². The smallest absolute Gasteiger partial charge is 0.215 e. The van der Waals surface area contributed by atoms with E-state index >= 15 is 0 Å². The van der Waals surface area contributed by atoms with E-state index in [0.717, 1.165) is 31.7 Å². The molecule has 6 heteroatoms. The van der Waals surface area contributed by atoms with Crippen LogP contribution in [-0.2, 0) is 0 Å². The molecule has 2 aromatic heterocycles. The fourth-order valence-electron chi connectivity index (χ4n) is 3.66. The molecule has 3 N–H and O–H groups in total. The van der Waals surface area contributed by atoms with Crippen molar-refractivity contribution in [2.45, 2.75) is 45.7 Å². The van der Waals surface area contributed by atoms with Gasteiger partial charge in [-0.05, 0) is 43.0 Å². The lowest BCUT2D eigenvalue weighted by Crippen LogP contribution is -2.57. The summed E-state index contributed by atoms with van der Waals surface area (Å²) < 4.78 is 0. The van der Waals surface area contributed by atoms with Crippen LogP contribution in [0, 0.1) is 5.92 Å². The number of pyridine rings is 2. The van der Waals surface area contributed by atoms with E-state index in [9.17, 15) is 4.79 Å². The second kappa shape index (κ2) is 8.48.